The highest BCUT2D eigenvalue weighted by Gasteiger charge is 2.39. The fourth-order valence-electron chi connectivity index (χ4n) is 5.50. The zero-order chi connectivity index (χ0) is 36.2. The summed E-state index contributed by atoms with van der Waals surface area (Å²) in [6, 6.07) is 26.3. The monoisotopic (exact) mass is 690 g/mol. The SMILES string of the molecule is CC(C)C[C@H](NC(=O)[C@H](CSC(c1ccccc1)(c1ccccc1)c1ccccc1)NC(=O)CNC(=O)[C@@H](N)[C@@H](C)OC(C)(C)C)C(=O)O. The first-order chi connectivity index (χ1) is 23.1. The van der Waals surface area contributed by atoms with Crippen LogP contribution in [0.25, 0.3) is 0 Å². The lowest BCUT2D eigenvalue weighted by atomic mass is 9.84. The van der Waals surface area contributed by atoms with Gasteiger partial charge in [0.1, 0.15) is 18.1 Å². The van der Waals surface area contributed by atoms with E-state index in [1.54, 1.807) is 6.92 Å². The summed E-state index contributed by atoms with van der Waals surface area (Å²) in [5.41, 5.74) is 8.45. The van der Waals surface area contributed by atoms with E-state index in [0.717, 1.165) is 16.7 Å². The lowest BCUT2D eigenvalue weighted by Gasteiger charge is -2.36. The number of rotatable bonds is 17. The second kappa shape index (κ2) is 18.0. The van der Waals surface area contributed by atoms with Crippen LogP contribution in [0.1, 0.15) is 64.7 Å². The Morgan fingerprint density at radius 1 is 0.755 bits per heavy atom. The van der Waals surface area contributed by atoms with Crippen molar-refractivity contribution < 1.29 is 29.0 Å². The molecule has 10 nitrogen and oxygen atoms in total. The first-order valence-electron chi connectivity index (χ1n) is 16.5. The number of carboxylic acid groups (broad SMARTS) is 1. The molecule has 0 radical (unpaired) electrons. The van der Waals surface area contributed by atoms with Gasteiger partial charge in [0.25, 0.3) is 0 Å². The van der Waals surface area contributed by atoms with Gasteiger partial charge in [0, 0.05) is 5.75 Å². The first-order valence-corrected chi connectivity index (χ1v) is 17.5. The molecule has 0 aliphatic heterocycles. The topological polar surface area (TPSA) is 160 Å². The predicted octanol–water partition coefficient (Wildman–Crippen LogP) is 4.46. The van der Waals surface area contributed by atoms with Crippen molar-refractivity contribution in [3.63, 3.8) is 0 Å². The molecule has 11 heteroatoms. The van der Waals surface area contributed by atoms with Crippen LogP contribution in [0.2, 0.25) is 0 Å². The van der Waals surface area contributed by atoms with Gasteiger partial charge in [0.05, 0.1) is 23.0 Å². The Kier molecular flexibility index (Phi) is 14.4. The Morgan fingerprint density at radius 2 is 1.22 bits per heavy atom. The van der Waals surface area contributed by atoms with Crippen molar-refractivity contribution in [2.24, 2.45) is 11.7 Å². The average molecular weight is 691 g/mol. The van der Waals surface area contributed by atoms with Crippen LogP contribution in [0.4, 0.5) is 0 Å². The fourth-order valence-corrected chi connectivity index (χ4v) is 7.06. The number of ether oxygens (including phenoxy) is 1. The van der Waals surface area contributed by atoms with Gasteiger partial charge in [-0.15, -0.1) is 11.8 Å². The molecule has 264 valence electrons. The van der Waals surface area contributed by atoms with Gasteiger partial charge >= 0.3 is 5.97 Å². The minimum absolute atomic E-state index is 0.00483. The van der Waals surface area contributed by atoms with Crippen LogP contribution in [-0.2, 0) is 28.7 Å². The maximum Gasteiger partial charge on any atom is 0.326 e. The summed E-state index contributed by atoms with van der Waals surface area (Å²) in [5, 5.41) is 17.8. The van der Waals surface area contributed by atoms with Crippen molar-refractivity contribution in [1.29, 1.82) is 0 Å². The molecule has 0 saturated heterocycles. The van der Waals surface area contributed by atoms with E-state index >= 15 is 0 Å². The molecular formula is C38H50N4O6S. The van der Waals surface area contributed by atoms with E-state index in [1.807, 2.05) is 126 Å². The fraction of sp³-hybridized carbons (Fsp3) is 0.421. The highest BCUT2D eigenvalue weighted by molar-refractivity contribution is 8.00. The molecule has 0 spiro atoms. The number of thioether (sulfide) groups is 1. The molecule has 0 unspecified atom stereocenters. The second-order valence-corrected chi connectivity index (χ2v) is 14.7. The van der Waals surface area contributed by atoms with Crippen molar-refractivity contribution in [1.82, 2.24) is 16.0 Å². The molecule has 6 N–H and O–H groups in total. The van der Waals surface area contributed by atoms with Gasteiger partial charge in [0.15, 0.2) is 0 Å². The predicted molar refractivity (Wildman–Crippen MR) is 194 cm³/mol. The Morgan fingerprint density at radius 3 is 1.63 bits per heavy atom. The Labute approximate surface area is 294 Å². The number of aliphatic carboxylic acids is 1. The molecular weight excluding hydrogens is 641 g/mol. The lowest BCUT2D eigenvalue weighted by molar-refractivity contribution is -0.142. The van der Waals surface area contributed by atoms with Gasteiger partial charge in [-0.1, -0.05) is 105 Å². The van der Waals surface area contributed by atoms with E-state index < -0.39 is 64.8 Å². The van der Waals surface area contributed by atoms with E-state index in [9.17, 15) is 24.3 Å². The molecule has 0 saturated carbocycles. The van der Waals surface area contributed by atoms with Crippen LogP contribution >= 0.6 is 11.8 Å². The van der Waals surface area contributed by atoms with Crippen molar-refractivity contribution in [2.45, 2.75) is 82.5 Å². The molecule has 49 heavy (non-hydrogen) atoms. The summed E-state index contributed by atoms with van der Waals surface area (Å²) in [5.74, 6) is -2.97. The molecule has 0 bridgehead atoms. The first kappa shape index (κ1) is 39.3. The van der Waals surface area contributed by atoms with Crippen LogP contribution in [-0.4, -0.2) is 70.9 Å². The van der Waals surface area contributed by atoms with Crippen LogP contribution in [0, 0.1) is 5.92 Å². The third kappa shape index (κ3) is 11.4. The number of hydrogen-bond donors (Lipinski definition) is 5. The largest absolute Gasteiger partial charge is 0.480 e. The molecule has 3 rings (SSSR count). The molecule has 0 heterocycles. The summed E-state index contributed by atoms with van der Waals surface area (Å²) in [6.07, 6.45) is -0.409. The zero-order valence-corrected chi connectivity index (χ0v) is 30.0. The maximum atomic E-state index is 13.8. The number of carbonyl (C=O) groups is 4. The highest BCUT2D eigenvalue weighted by atomic mass is 32.2. The Hall–Kier alpha value is -4.19. The van der Waals surface area contributed by atoms with Crippen molar-refractivity contribution in [3.8, 4) is 0 Å². The molecule has 4 atom stereocenters. The van der Waals surface area contributed by atoms with E-state index in [0.29, 0.717) is 0 Å². The van der Waals surface area contributed by atoms with E-state index in [1.165, 1.54) is 11.8 Å². The van der Waals surface area contributed by atoms with Gasteiger partial charge in [0.2, 0.25) is 17.7 Å². The summed E-state index contributed by atoms with van der Waals surface area (Å²) >= 11 is 1.45. The van der Waals surface area contributed by atoms with Crippen molar-refractivity contribution in [3.05, 3.63) is 108 Å². The smallest absolute Gasteiger partial charge is 0.326 e. The zero-order valence-electron chi connectivity index (χ0n) is 29.1. The highest BCUT2D eigenvalue weighted by Crippen LogP contribution is 2.48. The lowest BCUT2D eigenvalue weighted by Crippen LogP contribution is -2.56. The van der Waals surface area contributed by atoms with Crippen LogP contribution in [0.15, 0.2) is 91.0 Å². The van der Waals surface area contributed by atoms with Gasteiger partial charge in [-0.05, 0) is 56.7 Å². The van der Waals surface area contributed by atoms with Crippen molar-refractivity contribution >= 4 is 35.5 Å². The maximum absolute atomic E-state index is 13.8. The van der Waals surface area contributed by atoms with Gasteiger partial charge in [-0.3, -0.25) is 14.4 Å². The number of benzene rings is 3. The van der Waals surface area contributed by atoms with Crippen molar-refractivity contribution in [2.75, 3.05) is 12.3 Å². The minimum atomic E-state index is -1.17. The van der Waals surface area contributed by atoms with Crippen LogP contribution in [0.3, 0.4) is 0 Å². The third-order valence-electron chi connectivity index (χ3n) is 7.75. The van der Waals surface area contributed by atoms with Gasteiger partial charge in [-0.25, -0.2) is 4.79 Å². The molecule has 0 aromatic heterocycles. The number of hydrogen-bond acceptors (Lipinski definition) is 7. The molecule has 0 aliphatic rings. The Balaban J connectivity index is 1.94. The Bertz CT molecular complexity index is 1420. The van der Waals surface area contributed by atoms with E-state index in [4.69, 9.17) is 10.5 Å². The van der Waals surface area contributed by atoms with Gasteiger partial charge in [-0.2, -0.15) is 0 Å². The molecule has 3 amide bonds. The van der Waals surface area contributed by atoms with E-state index in [-0.39, 0.29) is 18.1 Å². The molecule has 0 aliphatic carbocycles. The number of carbonyl (C=O) groups excluding carboxylic acids is 3. The number of nitrogens with two attached hydrogens (primary N) is 1. The quantitative estimate of drug-likeness (QED) is 0.130. The minimum Gasteiger partial charge on any atom is -0.480 e. The summed E-state index contributed by atoms with van der Waals surface area (Å²) in [4.78, 5) is 52.0. The van der Waals surface area contributed by atoms with Gasteiger partial charge < -0.3 is 31.5 Å². The summed E-state index contributed by atoms with van der Waals surface area (Å²) in [6.45, 7) is 10.5. The number of nitrogens with one attached hydrogen (secondary N) is 3. The second-order valence-electron chi connectivity index (χ2n) is 13.4. The standard InChI is InChI=1S/C38H50N4O6S/c1-25(2)22-30(36(46)47)42-34(44)31(41-32(43)23-40-35(45)33(39)26(3)48-37(4,5)6)24-49-38(27-16-10-7-11-17-27,28-18-12-8-13-19-28)29-20-14-9-15-21-29/h7-21,25-26,30-31,33H,22-24,39H2,1-6H3,(H,40,45)(H,41,43)(H,42,44)(H,46,47)/t26-,30+,31+,33+/m1/s1. The summed E-state index contributed by atoms with van der Waals surface area (Å²) in [7, 11) is 0. The van der Waals surface area contributed by atoms with E-state index in [2.05, 4.69) is 16.0 Å². The van der Waals surface area contributed by atoms with Crippen LogP contribution in [0.5, 0.6) is 0 Å². The normalized spacial score (nSPS) is 14.3. The third-order valence-corrected chi connectivity index (χ3v) is 9.39. The number of carboxylic acids is 1. The molecule has 3 aromatic carbocycles. The number of amides is 3. The van der Waals surface area contributed by atoms with Crippen LogP contribution < -0.4 is 21.7 Å². The summed E-state index contributed by atoms with van der Waals surface area (Å²) < 4.78 is 4.99. The molecule has 0 fully saturated rings. The molecule has 3 aromatic rings. The average Bonchev–Trinajstić information content (AvgIpc) is 3.06.